The monoisotopic (exact) mass is 416 g/mol. The van der Waals surface area contributed by atoms with Gasteiger partial charge in [0.05, 0.1) is 25.3 Å². The largest absolute Gasteiger partial charge is 0.378 e. The van der Waals surface area contributed by atoms with Crippen LogP contribution in [0, 0.1) is 0 Å². The predicted octanol–water partition coefficient (Wildman–Crippen LogP) is 1.63. The molecule has 4 heterocycles. The van der Waals surface area contributed by atoms with Crippen LogP contribution >= 0.6 is 11.6 Å². The summed E-state index contributed by atoms with van der Waals surface area (Å²) in [6, 6.07) is 8.48. The van der Waals surface area contributed by atoms with E-state index in [0.717, 1.165) is 17.3 Å². The van der Waals surface area contributed by atoms with Crippen molar-refractivity contribution in [3.63, 3.8) is 0 Å². The Bertz CT molecular complexity index is 823. The highest BCUT2D eigenvalue weighted by Gasteiger charge is 2.44. The summed E-state index contributed by atoms with van der Waals surface area (Å²) in [6.07, 6.45) is 6.22. The number of hydrogen-bond donors (Lipinski definition) is 2. The van der Waals surface area contributed by atoms with E-state index in [1.807, 2.05) is 23.2 Å². The van der Waals surface area contributed by atoms with Gasteiger partial charge in [-0.15, -0.1) is 0 Å². The van der Waals surface area contributed by atoms with Crippen molar-refractivity contribution in [1.29, 1.82) is 0 Å². The summed E-state index contributed by atoms with van der Waals surface area (Å²) in [5, 5.41) is 7.45. The van der Waals surface area contributed by atoms with Crippen molar-refractivity contribution < 1.29 is 9.53 Å². The number of rotatable bonds is 4. The Kier molecular flexibility index (Phi) is 5.07. The van der Waals surface area contributed by atoms with E-state index in [1.165, 1.54) is 5.56 Å². The average molecular weight is 417 g/mol. The van der Waals surface area contributed by atoms with Gasteiger partial charge in [0.2, 0.25) is 5.91 Å². The number of carbonyl (C=O) groups is 1. The first-order valence-electron chi connectivity index (χ1n) is 10.1. The van der Waals surface area contributed by atoms with Crippen LogP contribution in [0.3, 0.4) is 0 Å². The Balaban J connectivity index is 1.20. The second-order valence-electron chi connectivity index (χ2n) is 7.74. The maximum absolute atomic E-state index is 12.5. The number of nitrogens with zero attached hydrogens (tertiary/aromatic N) is 4. The summed E-state index contributed by atoms with van der Waals surface area (Å²) in [5.41, 5.74) is 8.06. The summed E-state index contributed by atoms with van der Waals surface area (Å²) >= 11 is 6.02. The molecule has 0 saturated carbocycles. The van der Waals surface area contributed by atoms with Crippen LogP contribution in [0.4, 0.5) is 0 Å². The molecule has 4 aliphatic heterocycles. The lowest BCUT2D eigenvalue weighted by Gasteiger charge is -2.37. The van der Waals surface area contributed by atoms with Gasteiger partial charge in [-0.3, -0.25) is 10.2 Å². The zero-order chi connectivity index (χ0) is 19.8. The fraction of sp³-hybridized carbons (Fsp3) is 0.500. The molecule has 0 aromatic heterocycles. The fourth-order valence-electron chi connectivity index (χ4n) is 4.41. The molecule has 2 N–H and O–H groups in total. The van der Waals surface area contributed by atoms with Crippen molar-refractivity contribution in [3.8, 4) is 0 Å². The van der Waals surface area contributed by atoms with E-state index in [1.54, 1.807) is 0 Å². The molecular weight excluding hydrogens is 392 g/mol. The standard InChI is InChI=1S/C20H25ClN6O2/c21-15-3-1-14(2-4-15)16-13-17-20-23-22-18(26(20)7-8-27(17)24-16)5-6-19(28)25-9-11-29-12-10-25/h1-4,7-8,16-17,20,23-24H,5-6,9-13H2. The van der Waals surface area contributed by atoms with Crippen LogP contribution in [-0.2, 0) is 9.53 Å². The van der Waals surface area contributed by atoms with E-state index in [9.17, 15) is 4.79 Å². The number of halogens is 1. The molecule has 8 nitrogen and oxygen atoms in total. The van der Waals surface area contributed by atoms with E-state index in [2.05, 4.69) is 44.2 Å². The van der Waals surface area contributed by atoms with Gasteiger partial charge in [0.25, 0.3) is 0 Å². The van der Waals surface area contributed by atoms with Crippen LogP contribution in [-0.4, -0.2) is 65.1 Å². The molecule has 4 aliphatic rings. The van der Waals surface area contributed by atoms with Gasteiger partial charge in [-0.25, -0.2) is 5.43 Å². The minimum absolute atomic E-state index is 0.0679. The van der Waals surface area contributed by atoms with Crippen LogP contribution < -0.4 is 10.9 Å². The molecule has 1 aromatic rings. The van der Waals surface area contributed by atoms with Crippen LogP contribution in [0.5, 0.6) is 0 Å². The lowest BCUT2D eigenvalue weighted by atomic mass is 9.99. The average Bonchev–Trinajstić information content (AvgIpc) is 3.37. The van der Waals surface area contributed by atoms with Crippen molar-refractivity contribution >= 4 is 23.3 Å². The molecule has 0 radical (unpaired) electrons. The first kappa shape index (κ1) is 18.7. The molecule has 1 amide bonds. The Morgan fingerprint density at radius 1 is 1.21 bits per heavy atom. The number of hydrazone groups is 1. The molecule has 3 unspecified atom stereocenters. The number of fused-ring (bicyclic) bond motifs is 3. The predicted molar refractivity (Wildman–Crippen MR) is 110 cm³/mol. The highest BCUT2D eigenvalue weighted by Crippen LogP contribution is 2.34. The summed E-state index contributed by atoms with van der Waals surface area (Å²) in [5.74, 6) is 1.09. The lowest BCUT2D eigenvalue weighted by molar-refractivity contribution is -0.135. The summed E-state index contributed by atoms with van der Waals surface area (Å²) < 4.78 is 5.32. The van der Waals surface area contributed by atoms with Crippen molar-refractivity contribution in [1.82, 2.24) is 25.7 Å². The topological polar surface area (TPSA) is 72.4 Å². The second-order valence-corrected chi connectivity index (χ2v) is 8.18. The summed E-state index contributed by atoms with van der Waals surface area (Å²) in [6.45, 7) is 2.63. The van der Waals surface area contributed by atoms with Crippen molar-refractivity contribution in [3.05, 3.63) is 47.3 Å². The van der Waals surface area contributed by atoms with Gasteiger partial charge in [-0.2, -0.15) is 5.10 Å². The highest BCUT2D eigenvalue weighted by molar-refractivity contribution is 6.30. The minimum Gasteiger partial charge on any atom is -0.378 e. The normalized spacial score (nSPS) is 28.1. The molecular formula is C20H25ClN6O2. The number of amidine groups is 1. The third-order valence-corrected chi connectivity index (χ3v) is 6.27. The van der Waals surface area contributed by atoms with Crippen molar-refractivity contribution in [2.75, 3.05) is 26.3 Å². The number of benzene rings is 1. The van der Waals surface area contributed by atoms with Gasteiger partial charge in [0, 0.05) is 43.4 Å². The summed E-state index contributed by atoms with van der Waals surface area (Å²) in [7, 11) is 0. The van der Waals surface area contributed by atoms with Crippen molar-refractivity contribution in [2.24, 2.45) is 5.10 Å². The zero-order valence-corrected chi connectivity index (χ0v) is 16.9. The molecule has 5 rings (SSSR count). The molecule has 0 bridgehead atoms. The van der Waals surface area contributed by atoms with E-state index < -0.39 is 0 Å². The van der Waals surface area contributed by atoms with Crippen LogP contribution in [0.15, 0.2) is 41.8 Å². The molecule has 29 heavy (non-hydrogen) atoms. The number of morpholine rings is 1. The number of amides is 1. The molecule has 1 aromatic carbocycles. The first-order valence-corrected chi connectivity index (χ1v) is 10.5. The van der Waals surface area contributed by atoms with E-state index in [-0.39, 0.29) is 24.2 Å². The molecule has 3 atom stereocenters. The number of carbonyl (C=O) groups excluding carboxylic acids is 1. The third kappa shape index (κ3) is 3.68. The molecule has 2 fully saturated rings. The maximum Gasteiger partial charge on any atom is 0.223 e. The van der Waals surface area contributed by atoms with Gasteiger partial charge in [0.1, 0.15) is 12.0 Å². The number of hydrogen-bond acceptors (Lipinski definition) is 7. The van der Waals surface area contributed by atoms with Crippen molar-refractivity contribution in [2.45, 2.75) is 37.5 Å². The molecule has 9 heteroatoms. The van der Waals surface area contributed by atoms with Gasteiger partial charge in [0.15, 0.2) is 0 Å². The SMILES string of the molecule is O=C(CCC1=NNC2C3CC(c4ccc(Cl)cc4)NN3C=CN12)N1CCOCC1. The van der Waals surface area contributed by atoms with Crippen LogP contribution in [0.1, 0.15) is 30.9 Å². The van der Waals surface area contributed by atoms with Crippen LogP contribution in [0.2, 0.25) is 5.02 Å². The highest BCUT2D eigenvalue weighted by atomic mass is 35.5. The molecule has 2 saturated heterocycles. The quantitative estimate of drug-likeness (QED) is 0.777. The zero-order valence-electron chi connectivity index (χ0n) is 16.1. The van der Waals surface area contributed by atoms with Gasteiger partial charge < -0.3 is 19.5 Å². The van der Waals surface area contributed by atoms with E-state index >= 15 is 0 Å². The molecule has 154 valence electrons. The lowest BCUT2D eigenvalue weighted by Crippen LogP contribution is -2.54. The third-order valence-electron chi connectivity index (χ3n) is 6.01. The summed E-state index contributed by atoms with van der Waals surface area (Å²) in [4.78, 5) is 16.5. The minimum atomic E-state index is 0.0679. The number of nitrogens with one attached hydrogen (secondary N) is 2. The van der Waals surface area contributed by atoms with E-state index in [4.69, 9.17) is 16.3 Å². The first-order chi connectivity index (χ1) is 14.2. The Hall–Kier alpha value is -2.29. The van der Waals surface area contributed by atoms with Gasteiger partial charge in [-0.05, 0) is 24.1 Å². The smallest absolute Gasteiger partial charge is 0.223 e. The Labute approximate surface area is 175 Å². The van der Waals surface area contributed by atoms with Gasteiger partial charge >= 0.3 is 0 Å². The molecule has 0 aliphatic carbocycles. The number of hydrazine groups is 1. The van der Waals surface area contributed by atoms with Crippen LogP contribution in [0.25, 0.3) is 0 Å². The Morgan fingerprint density at radius 2 is 2.00 bits per heavy atom. The van der Waals surface area contributed by atoms with E-state index in [0.29, 0.717) is 39.1 Å². The Morgan fingerprint density at radius 3 is 2.79 bits per heavy atom. The fourth-order valence-corrected chi connectivity index (χ4v) is 4.54. The molecule has 0 spiro atoms. The van der Waals surface area contributed by atoms with Gasteiger partial charge in [-0.1, -0.05) is 23.7 Å². The number of ether oxygens (including phenoxy) is 1. The maximum atomic E-state index is 12.5. The second kappa shape index (κ2) is 7.85.